The first-order chi connectivity index (χ1) is 12.7. The molecule has 5 rings (SSSR count). The van der Waals surface area contributed by atoms with Gasteiger partial charge in [-0.1, -0.05) is 6.42 Å². The third kappa shape index (κ3) is 2.17. The maximum atomic E-state index is 6.08. The molecule has 0 spiro atoms. The quantitative estimate of drug-likeness (QED) is 0.693. The fraction of sp³-hybridized carbons (Fsp3) is 0.409. The lowest BCUT2D eigenvalue weighted by atomic mass is 9.75. The highest BCUT2D eigenvalue weighted by molar-refractivity contribution is 6.11. The summed E-state index contributed by atoms with van der Waals surface area (Å²) in [6.45, 7) is 0. The van der Waals surface area contributed by atoms with Gasteiger partial charge in [0.2, 0.25) is 0 Å². The number of benzene rings is 2. The molecule has 0 radical (unpaired) electrons. The second-order valence-electron chi connectivity index (χ2n) is 7.73. The molecule has 0 amide bonds. The summed E-state index contributed by atoms with van der Waals surface area (Å²) in [5.74, 6) is 3.15. The molecule has 0 saturated heterocycles. The van der Waals surface area contributed by atoms with Crippen molar-refractivity contribution in [2.45, 2.75) is 32.1 Å². The Morgan fingerprint density at radius 2 is 1.54 bits per heavy atom. The van der Waals surface area contributed by atoms with Gasteiger partial charge in [-0.3, -0.25) is 4.98 Å². The van der Waals surface area contributed by atoms with E-state index in [0.29, 0.717) is 5.69 Å². The number of rotatable bonds is 2. The van der Waals surface area contributed by atoms with Crippen LogP contribution in [-0.4, -0.2) is 19.2 Å². The molecule has 1 heterocycles. The van der Waals surface area contributed by atoms with Gasteiger partial charge in [-0.25, -0.2) is 0 Å². The van der Waals surface area contributed by atoms with Crippen LogP contribution in [-0.2, 0) is 12.8 Å². The van der Waals surface area contributed by atoms with Crippen molar-refractivity contribution >= 4 is 27.4 Å². The fourth-order valence-electron chi connectivity index (χ4n) is 5.21. The summed E-state index contributed by atoms with van der Waals surface area (Å²) < 4.78 is 11.2. The van der Waals surface area contributed by atoms with E-state index in [0.717, 1.165) is 52.5 Å². The van der Waals surface area contributed by atoms with Crippen molar-refractivity contribution in [3.05, 3.63) is 35.5 Å². The number of aromatic nitrogens is 1. The molecule has 4 nitrogen and oxygen atoms in total. The molecule has 0 aliphatic heterocycles. The summed E-state index contributed by atoms with van der Waals surface area (Å²) in [7, 11) is 3.38. The number of ether oxygens (including phenoxy) is 2. The third-order valence-electron chi connectivity index (χ3n) is 6.45. The van der Waals surface area contributed by atoms with Gasteiger partial charge >= 0.3 is 0 Å². The van der Waals surface area contributed by atoms with E-state index in [4.69, 9.17) is 20.2 Å². The summed E-state index contributed by atoms with van der Waals surface area (Å²) >= 11 is 0. The van der Waals surface area contributed by atoms with Crippen LogP contribution in [0, 0.1) is 11.8 Å². The van der Waals surface area contributed by atoms with Gasteiger partial charge in [-0.15, -0.1) is 0 Å². The van der Waals surface area contributed by atoms with Crippen molar-refractivity contribution in [1.29, 1.82) is 0 Å². The maximum absolute atomic E-state index is 6.08. The number of fused-ring (bicyclic) bond motifs is 7. The molecule has 1 aromatic heterocycles. The van der Waals surface area contributed by atoms with Gasteiger partial charge in [-0.05, 0) is 77.6 Å². The number of methoxy groups -OCH3 is 2. The van der Waals surface area contributed by atoms with E-state index in [1.807, 2.05) is 0 Å². The summed E-state index contributed by atoms with van der Waals surface area (Å²) in [6, 6.07) is 6.28. The maximum Gasteiger partial charge on any atom is 0.161 e. The minimum Gasteiger partial charge on any atom is -0.493 e. The van der Waals surface area contributed by atoms with Gasteiger partial charge in [0.25, 0.3) is 0 Å². The third-order valence-corrected chi connectivity index (χ3v) is 6.45. The first-order valence-corrected chi connectivity index (χ1v) is 9.44. The molecule has 2 aliphatic carbocycles. The van der Waals surface area contributed by atoms with E-state index in [1.165, 1.54) is 35.8 Å². The van der Waals surface area contributed by atoms with Crippen LogP contribution in [0.25, 0.3) is 21.7 Å². The van der Waals surface area contributed by atoms with Crippen molar-refractivity contribution in [3.8, 4) is 11.5 Å². The Bertz CT molecular complexity index is 1030. The van der Waals surface area contributed by atoms with Gasteiger partial charge in [0.05, 0.1) is 31.6 Å². The van der Waals surface area contributed by atoms with Crippen LogP contribution in [0.3, 0.4) is 0 Å². The van der Waals surface area contributed by atoms with Gasteiger partial charge in [-0.2, -0.15) is 0 Å². The van der Waals surface area contributed by atoms with Gasteiger partial charge < -0.3 is 15.2 Å². The Kier molecular flexibility index (Phi) is 3.49. The molecule has 3 aromatic rings. The minimum atomic E-state index is 0.697. The summed E-state index contributed by atoms with van der Waals surface area (Å²) in [4.78, 5) is 4.76. The molecule has 26 heavy (non-hydrogen) atoms. The number of pyridine rings is 1. The standard InChI is InChI=1S/C22H24N2O2/c1-25-20-9-16-15-6-12-4-3-5-13(12)7-18(15)22-19(8-14(23)11-24-22)17(16)10-21(20)26-2/h8-13H,3-7,23H2,1-2H3. The first-order valence-electron chi connectivity index (χ1n) is 9.44. The van der Waals surface area contributed by atoms with Gasteiger partial charge in [0.1, 0.15) is 0 Å². The van der Waals surface area contributed by atoms with Gasteiger partial charge in [0.15, 0.2) is 11.5 Å². The molecule has 1 saturated carbocycles. The molecule has 134 valence electrons. The lowest BCUT2D eigenvalue weighted by Gasteiger charge is -2.30. The molecule has 4 heteroatoms. The van der Waals surface area contributed by atoms with E-state index in [2.05, 4.69) is 18.2 Å². The van der Waals surface area contributed by atoms with Crippen LogP contribution >= 0.6 is 0 Å². The average molecular weight is 348 g/mol. The van der Waals surface area contributed by atoms with Crippen LogP contribution in [0.15, 0.2) is 24.4 Å². The smallest absolute Gasteiger partial charge is 0.161 e. The highest BCUT2D eigenvalue weighted by atomic mass is 16.5. The normalized spacial score (nSPS) is 21.6. The summed E-state index contributed by atoms with van der Waals surface area (Å²) in [5, 5.41) is 3.55. The van der Waals surface area contributed by atoms with Crippen LogP contribution in [0.4, 0.5) is 5.69 Å². The van der Waals surface area contributed by atoms with Crippen molar-refractivity contribution in [3.63, 3.8) is 0 Å². The molecular weight excluding hydrogens is 324 g/mol. The zero-order chi connectivity index (χ0) is 17.8. The predicted molar refractivity (Wildman–Crippen MR) is 105 cm³/mol. The molecule has 2 N–H and O–H groups in total. The Morgan fingerprint density at radius 3 is 2.23 bits per heavy atom. The predicted octanol–water partition coefficient (Wildman–Crippen LogP) is 4.50. The highest BCUT2D eigenvalue weighted by Gasteiger charge is 2.34. The SMILES string of the molecule is COc1cc2c3c(c4ncc(N)cc4c2cc1OC)CC1CCCC1C3. The lowest BCUT2D eigenvalue weighted by Crippen LogP contribution is -2.21. The van der Waals surface area contributed by atoms with Crippen molar-refractivity contribution in [1.82, 2.24) is 4.98 Å². The summed E-state index contributed by atoms with van der Waals surface area (Å²) in [5.41, 5.74) is 10.8. The number of hydrogen-bond acceptors (Lipinski definition) is 4. The van der Waals surface area contributed by atoms with Crippen molar-refractivity contribution < 1.29 is 9.47 Å². The molecule has 0 bridgehead atoms. The largest absolute Gasteiger partial charge is 0.493 e. The number of nitrogens with zero attached hydrogens (tertiary/aromatic N) is 1. The Hall–Kier alpha value is -2.49. The molecule has 2 aliphatic rings. The van der Waals surface area contributed by atoms with Gasteiger partial charge in [0, 0.05) is 5.39 Å². The van der Waals surface area contributed by atoms with E-state index in [9.17, 15) is 0 Å². The Labute approximate surface area is 153 Å². The molecular formula is C22H24N2O2. The lowest BCUT2D eigenvalue weighted by molar-refractivity contribution is 0.355. The molecule has 2 unspecified atom stereocenters. The monoisotopic (exact) mass is 348 g/mol. The van der Waals surface area contributed by atoms with Crippen LogP contribution in [0.5, 0.6) is 11.5 Å². The van der Waals surface area contributed by atoms with E-state index < -0.39 is 0 Å². The summed E-state index contributed by atoms with van der Waals surface area (Å²) in [6.07, 6.45) is 8.13. The highest BCUT2D eigenvalue weighted by Crippen LogP contribution is 2.47. The molecule has 2 aromatic carbocycles. The Balaban J connectivity index is 1.89. The van der Waals surface area contributed by atoms with Crippen molar-refractivity contribution in [2.24, 2.45) is 11.8 Å². The van der Waals surface area contributed by atoms with Crippen LogP contribution < -0.4 is 15.2 Å². The van der Waals surface area contributed by atoms with E-state index in [-0.39, 0.29) is 0 Å². The topological polar surface area (TPSA) is 57.4 Å². The number of anilines is 1. The average Bonchev–Trinajstić information content (AvgIpc) is 3.13. The second kappa shape index (κ2) is 5.76. The fourth-order valence-corrected chi connectivity index (χ4v) is 5.21. The zero-order valence-corrected chi connectivity index (χ0v) is 15.3. The molecule has 1 fully saturated rings. The van der Waals surface area contributed by atoms with Crippen LogP contribution in [0.2, 0.25) is 0 Å². The minimum absolute atomic E-state index is 0.697. The number of hydrogen-bond donors (Lipinski definition) is 1. The Morgan fingerprint density at radius 1 is 0.885 bits per heavy atom. The van der Waals surface area contributed by atoms with E-state index >= 15 is 0 Å². The van der Waals surface area contributed by atoms with Crippen molar-refractivity contribution in [2.75, 3.05) is 20.0 Å². The first kappa shape index (κ1) is 15.7. The second-order valence-corrected chi connectivity index (χ2v) is 7.73. The number of nitrogen functional groups attached to an aromatic ring is 1. The number of nitrogens with two attached hydrogens (primary N) is 1. The zero-order valence-electron chi connectivity index (χ0n) is 15.3. The molecule has 2 atom stereocenters. The van der Waals surface area contributed by atoms with Crippen LogP contribution in [0.1, 0.15) is 30.4 Å². The van der Waals surface area contributed by atoms with E-state index in [1.54, 1.807) is 20.4 Å².